The van der Waals surface area contributed by atoms with E-state index in [0.717, 1.165) is 23.3 Å². The Kier molecular flexibility index (Phi) is 4.27. The third-order valence-corrected chi connectivity index (χ3v) is 5.39. The van der Waals surface area contributed by atoms with Crippen LogP contribution in [0.15, 0.2) is 47.8 Å². The molecule has 29 heavy (non-hydrogen) atoms. The summed E-state index contributed by atoms with van der Waals surface area (Å²) in [4.78, 5) is 38.0. The van der Waals surface area contributed by atoms with Crippen LogP contribution in [0.1, 0.15) is 54.2 Å². The molecule has 4 aromatic rings. The van der Waals surface area contributed by atoms with Crippen molar-refractivity contribution in [1.29, 1.82) is 0 Å². The number of amides is 1. The van der Waals surface area contributed by atoms with Crippen molar-refractivity contribution >= 4 is 22.6 Å². The lowest BCUT2D eigenvalue weighted by Gasteiger charge is -2.17. The van der Waals surface area contributed by atoms with E-state index in [0.29, 0.717) is 28.2 Å². The largest absolute Gasteiger partial charge is 0.280 e. The Balaban J connectivity index is 1.53. The standard InChI is InChI=1S/C20H19N7O2/c28-18(14-6-9-21-10-7-14)25-26-11-8-16-15(19(26)29)12-22-20-23-17(24-27(16)20)13-4-2-1-3-5-13/h6-13H,1-5H2,(H,25,28). The van der Waals surface area contributed by atoms with Crippen LogP contribution in [0.3, 0.4) is 0 Å². The van der Waals surface area contributed by atoms with Crippen molar-refractivity contribution in [3.63, 3.8) is 0 Å². The molecule has 0 unspecified atom stereocenters. The Morgan fingerprint density at radius 2 is 1.90 bits per heavy atom. The van der Waals surface area contributed by atoms with Gasteiger partial charge in [0, 0.05) is 36.3 Å². The lowest BCUT2D eigenvalue weighted by Crippen LogP contribution is -2.33. The molecule has 0 spiro atoms. The maximum atomic E-state index is 12.9. The van der Waals surface area contributed by atoms with E-state index in [9.17, 15) is 9.59 Å². The van der Waals surface area contributed by atoms with Gasteiger partial charge in [-0.3, -0.25) is 20.0 Å². The first-order valence-electron chi connectivity index (χ1n) is 9.69. The van der Waals surface area contributed by atoms with Crippen LogP contribution in [0.25, 0.3) is 16.7 Å². The van der Waals surface area contributed by atoms with Crippen molar-refractivity contribution in [2.24, 2.45) is 0 Å². The zero-order valence-corrected chi connectivity index (χ0v) is 15.7. The van der Waals surface area contributed by atoms with Gasteiger partial charge >= 0.3 is 0 Å². The van der Waals surface area contributed by atoms with Gasteiger partial charge in [-0.2, -0.15) is 9.50 Å². The van der Waals surface area contributed by atoms with E-state index in [4.69, 9.17) is 0 Å². The highest BCUT2D eigenvalue weighted by Crippen LogP contribution is 2.31. The molecule has 0 atom stereocenters. The van der Waals surface area contributed by atoms with Crippen LogP contribution < -0.4 is 11.0 Å². The molecule has 1 fully saturated rings. The van der Waals surface area contributed by atoms with E-state index >= 15 is 0 Å². The van der Waals surface area contributed by atoms with Crippen molar-refractivity contribution in [3.05, 3.63) is 64.7 Å². The van der Waals surface area contributed by atoms with Crippen LogP contribution in [-0.4, -0.2) is 35.1 Å². The van der Waals surface area contributed by atoms with Gasteiger partial charge in [-0.25, -0.2) is 9.66 Å². The maximum Gasteiger partial charge on any atom is 0.280 e. The second-order valence-electron chi connectivity index (χ2n) is 7.24. The molecule has 5 rings (SSSR count). The molecule has 1 aliphatic rings. The highest BCUT2D eigenvalue weighted by molar-refractivity contribution is 5.99. The van der Waals surface area contributed by atoms with Crippen LogP contribution in [-0.2, 0) is 0 Å². The van der Waals surface area contributed by atoms with Gasteiger partial charge in [0.1, 0.15) is 0 Å². The molecule has 1 aliphatic carbocycles. The first-order valence-corrected chi connectivity index (χ1v) is 9.69. The minimum absolute atomic E-state index is 0.348. The van der Waals surface area contributed by atoms with Crippen LogP contribution in [0.5, 0.6) is 0 Å². The summed E-state index contributed by atoms with van der Waals surface area (Å²) in [5.41, 5.74) is 3.23. The number of nitrogens with zero attached hydrogens (tertiary/aromatic N) is 6. The van der Waals surface area contributed by atoms with Gasteiger partial charge in [0.05, 0.1) is 10.9 Å². The third kappa shape index (κ3) is 3.14. The predicted octanol–water partition coefficient (Wildman–Crippen LogP) is 2.27. The highest BCUT2D eigenvalue weighted by atomic mass is 16.2. The van der Waals surface area contributed by atoms with Gasteiger partial charge in [-0.1, -0.05) is 19.3 Å². The molecule has 0 aromatic carbocycles. The Labute approximate surface area is 165 Å². The van der Waals surface area contributed by atoms with Crippen LogP contribution >= 0.6 is 0 Å². The Hall–Kier alpha value is -3.62. The van der Waals surface area contributed by atoms with Crippen LogP contribution in [0, 0.1) is 0 Å². The van der Waals surface area contributed by atoms with E-state index in [2.05, 4.69) is 25.5 Å². The van der Waals surface area contributed by atoms with Crippen molar-refractivity contribution in [2.45, 2.75) is 38.0 Å². The first-order chi connectivity index (χ1) is 14.2. The van der Waals surface area contributed by atoms with Crippen LogP contribution in [0.4, 0.5) is 0 Å². The average Bonchev–Trinajstić information content (AvgIpc) is 3.21. The van der Waals surface area contributed by atoms with Gasteiger partial charge in [0.2, 0.25) is 0 Å². The summed E-state index contributed by atoms with van der Waals surface area (Å²) >= 11 is 0. The monoisotopic (exact) mass is 389 g/mol. The Morgan fingerprint density at radius 3 is 2.69 bits per heavy atom. The second-order valence-corrected chi connectivity index (χ2v) is 7.24. The summed E-state index contributed by atoms with van der Waals surface area (Å²) in [6, 6.07) is 4.89. The number of rotatable bonds is 3. The van der Waals surface area contributed by atoms with E-state index in [1.54, 1.807) is 22.7 Å². The van der Waals surface area contributed by atoms with E-state index in [-0.39, 0.29) is 5.56 Å². The zero-order chi connectivity index (χ0) is 19.8. The topological polar surface area (TPSA) is 107 Å². The van der Waals surface area contributed by atoms with E-state index in [1.807, 2.05) is 0 Å². The molecular formula is C20H19N7O2. The lowest BCUT2D eigenvalue weighted by molar-refractivity contribution is 0.101. The van der Waals surface area contributed by atoms with Crippen molar-refractivity contribution < 1.29 is 4.79 Å². The number of carbonyl (C=O) groups excluding carboxylic acids is 1. The fraction of sp³-hybridized carbons (Fsp3) is 0.300. The Morgan fingerprint density at radius 1 is 1.10 bits per heavy atom. The zero-order valence-electron chi connectivity index (χ0n) is 15.7. The predicted molar refractivity (Wildman–Crippen MR) is 106 cm³/mol. The molecule has 1 amide bonds. The maximum absolute atomic E-state index is 12.9. The van der Waals surface area contributed by atoms with Crippen molar-refractivity contribution in [2.75, 3.05) is 5.43 Å². The molecule has 0 bridgehead atoms. The second kappa shape index (κ2) is 7.08. The number of hydrogen-bond acceptors (Lipinski definition) is 6. The summed E-state index contributed by atoms with van der Waals surface area (Å²) in [6.45, 7) is 0. The number of fused-ring (bicyclic) bond motifs is 3. The average molecular weight is 389 g/mol. The van der Waals surface area contributed by atoms with E-state index < -0.39 is 5.91 Å². The van der Waals surface area contributed by atoms with Gasteiger partial charge in [0.25, 0.3) is 17.2 Å². The third-order valence-electron chi connectivity index (χ3n) is 5.39. The fourth-order valence-corrected chi connectivity index (χ4v) is 3.83. The first kappa shape index (κ1) is 17.5. The number of nitrogens with one attached hydrogen (secondary N) is 1. The summed E-state index contributed by atoms with van der Waals surface area (Å²) in [5.74, 6) is 1.22. The number of pyridine rings is 2. The van der Waals surface area contributed by atoms with Crippen molar-refractivity contribution in [3.8, 4) is 0 Å². The molecule has 1 N–H and O–H groups in total. The van der Waals surface area contributed by atoms with E-state index in [1.165, 1.54) is 44.0 Å². The fourth-order valence-electron chi connectivity index (χ4n) is 3.83. The smallest absolute Gasteiger partial charge is 0.267 e. The molecular weight excluding hydrogens is 370 g/mol. The molecule has 9 nitrogen and oxygen atoms in total. The summed E-state index contributed by atoms with van der Waals surface area (Å²) in [5, 5.41) is 5.00. The Bertz CT molecular complexity index is 1260. The van der Waals surface area contributed by atoms with Gasteiger partial charge in [-0.05, 0) is 31.0 Å². The van der Waals surface area contributed by atoms with Crippen LogP contribution in [0.2, 0.25) is 0 Å². The van der Waals surface area contributed by atoms with Gasteiger partial charge in [-0.15, -0.1) is 5.10 Å². The molecule has 4 aromatic heterocycles. The minimum atomic E-state index is -0.400. The lowest BCUT2D eigenvalue weighted by atomic mass is 9.89. The number of hydrogen-bond donors (Lipinski definition) is 1. The summed E-state index contributed by atoms with van der Waals surface area (Å²) in [6.07, 6.45) is 11.9. The summed E-state index contributed by atoms with van der Waals surface area (Å²) < 4.78 is 2.77. The number of carbonyl (C=O) groups is 1. The molecule has 146 valence electrons. The van der Waals surface area contributed by atoms with Crippen molar-refractivity contribution in [1.82, 2.24) is 29.2 Å². The molecule has 1 saturated carbocycles. The molecule has 0 radical (unpaired) electrons. The van der Waals surface area contributed by atoms with Gasteiger partial charge < -0.3 is 0 Å². The SMILES string of the molecule is O=C(Nn1ccc2c(cnc3nc(C4CCCCC4)nn32)c1=O)c1ccncc1. The van der Waals surface area contributed by atoms with Gasteiger partial charge in [0.15, 0.2) is 5.82 Å². The highest BCUT2D eigenvalue weighted by Gasteiger charge is 2.21. The molecule has 4 heterocycles. The molecule has 9 heteroatoms. The minimum Gasteiger partial charge on any atom is -0.267 e. The molecule has 0 aliphatic heterocycles. The summed E-state index contributed by atoms with van der Waals surface area (Å²) in [7, 11) is 0. The normalized spacial score (nSPS) is 15.0. The quantitative estimate of drug-likeness (QED) is 0.576. The molecule has 0 saturated heterocycles. The number of aromatic nitrogens is 6.